The van der Waals surface area contributed by atoms with Gasteiger partial charge in [0.15, 0.2) is 0 Å². The molecule has 1 aliphatic heterocycles. The van der Waals surface area contributed by atoms with Crippen LogP contribution in [0.3, 0.4) is 0 Å². The van der Waals surface area contributed by atoms with Crippen molar-refractivity contribution in [3.63, 3.8) is 0 Å². The maximum Gasteiger partial charge on any atom is 0.318 e. The molecular formula is C28H31N5O. The first-order valence-electron chi connectivity index (χ1n) is 11.9. The lowest BCUT2D eigenvalue weighted by molar-refractivity contribution is 0.179. The van der Waals surface area contributed by atoms with Crippen LogP contribution in [0.1, 0.15) is 48.0 Å². The number of nitrogens with zero attached hydrogens (tertiary/aromatic N) is 4. The second kappa shape index (κ2) is 8.86. The number of benzene rings is 2. The molecule has 0 fully saturated rings. The fraction of sp³-hybridized carbons (Fsp3) is 0.286. The van der Waals surface area contributed by atoms with Crippen LogP contribution in [0.25, 0.3) is 11.5 Å². The molecule has 5 rings (SSSR count). The summed E-state index contributed by atoms with van der Waals surface area (Å²) in [5.41, 5.74) is 6.28. The Morgan fingerprint density at radius 3 is 2.59 bits per heavy atom. The highest BCUT2D eigenvalue weighted by atomic mass is 16.2. The summed E-state index contributed by atoms with van der Waals surface area (Å²) in [7, 11) is 0. The number of amides is 2. The van der Waals surface area contributed by atoms with Crippen LogP contribution in [0.5, 0.6) is 0 Å². The summed E-state index contributed by atoms with van der Waals surface area (Å²) in [6.07, 6.45) is 2.08. The Kier molecular flexibility index (Phi) is 5.74. The Bertz CT molecular complexity index is 1320. The van der Waals surface area contributed by atoms with Crippen molar-refractivity contribution in [1.29, 1.82) is 0 Å². The van der Waals surface area contributed by atoms with E-state index in [4.69, 9.17) is 5.10 Å². The maximum absolute atomic E-state index is 13.6. The zero-order valence-electron chi connectivity index (χ0n) is 20.2. The van der Waals surface area contributed by atoms with Crippen molar-refractivity contribution in [2.75, 3.05) is 6.54 Å². The average Bonchev–Trinajstić information content (AvgIpc) is 3.38. The molecular weight excluding hydrogens is 422 g/mol. The molecule has 0 bridgehead atoms. The zero-order chi connectivity index (χ0) is 23.8. The van der Waals surface area contributed by atoms with Gasteiger partial charge in [0.1, 0.15) is 5.82 Å². The maximum atomic E-state index is 13.6. The van der Waals surface area contributed by atoms with E-state index in [-0.39, 0.29) is 12.1 Å². The minimum atomic E-state index is -0.224. The number of urea groups is 1. The lowest BCUT2D eigenvalue weighted by atomic mass is 10.00. The molecule has 0 spiro atoms. The number of hydrogen-bond donors (Lipinski definition) is 1. The lowest BCUT2D eigenvalue weighted by Crippen LogP contribution is -2.43. The summed E-state index contributed by atoms with van der Waals surface area (Å²) >= 11 is 0. The van der Waals surface area contributed by atoms with Crippen molar-refractivity contribution in [1.82, 2.24) is 24.6 Å². The van der Waals surface area contributed by atoms with Crippen molar-refractivity contribution < 1.29 is 4.79 Å². The molecule has 6 nitrogen and oxygen atoms in total. The van der Waals surface area contributed by atoms with Crippen LogP contribution < -0.4 is 5.32 Å². The van der Waals surface area contributed by atoms with E-state index in [2.05, 4.69) is 85.4 Å². The van der Waals surface area contributed by atoms with Gasteiger partial charge in [-0.05, 0) is 49.6 Å². The molecule has 6 heteroatoms. The molecule has 0 aliphatic carbocycles. The number of rotatable bonds is 4. The van der Waals surface area contributed by atoms with Gasteiger partial charge in [-0.1, -0.05) is 61.9 Å². The Morgan fingerprint density at radius 1 is 1.06 bits per heavy atom. The third-order valence-corrected chi connectivity index (χ3v) is 6.37. The molecule has 1 atom stereocenters. The van der Waals surface area contributed by atoms with E-state index < -0.39 is 0 Å². The van der Waals surface area contributed by atoms with E-state index in [9.17, 15) is 4.79 Å². The summed E-state index contributed by atoms with van der Waals surface area (Å²) in [6.45, 7) is 9.44. The molecule has 0 radical (unpaired) electrons. The normalized spacial score (nSPS) is 15.1. The minimum absolute atomic E-state index is 0.0623. The first-order valence-corrected chi connectivity index (χ1v) is 11.9. The number of hydrogen-bond acceptors (Lipinski definition) is 2. The molecule has 4 aromatic rings. The number of para-hydroxylation sites is 1. The van der Waals surface area contributed by atoms with E-state index in [1.165, 1.54) is 5.56 Å². The first kappa shape index (κ1) is 22.0. The molecule has 3 heterocycles. The lowest BCUT2D eigenvalue weighted by Gasteiger charge is -2.31. The van der Waals surface area contributed by atoms with Crippen LogP contribution >= 0.6 is 0 Å². The number of carbonyl (C=O) groups is 1. The quantitative estimate of drug-likeness (QED) is 0.440. The summed E-state index contributed by atoms with van der Waals surface area (Å²) in [6, 6.07) is 22.5. The van der Waals surface area contributed by atoms with Crippen LogP contribution in [-0.2, 0) is 6.54 Å². The number of fused-ring (bicyclic) bond motifs is 3. The van der Waals surface area contributed by atoms with E-state index >= 15 is 0 Å². The molecule has 1 N–H and O–H groups in total. The van der Waals surface area contributed by atoms with E-state index in [1.54, 1.807) is 0 Å². The fourth-order valence-corrected chi connectivity index (χ4v) is 4.73. The highest BCUT2D eigenvalue weighted by molar-refractivity contribution is 5.76. The molecule has 0 saturated heterocycles. The van der Waals surface area contributed by atoms with Crippen molar-refractivity contribution in [2.24, 2.45) is 5.92 Å². The Labute approximate surface area is 200 Å². The van der Waals surface area contributed by atoms with Gasteiger partial charge in [-0.15, -0.1) is 0 Å². The van der Waals surface area contributed by atoms with E-state index in [0.29, 0.717) is 19.0 Å². The van der Waals surface area contributed by atoms with Crippen LogP contribution in [0, 0.1) is 19.8 Å². The topological polar surface area (TPSA) is 55.1 Å². The van der Waals surface area contributed by atoms with Crippen molar-refractivity contribution >= 4 is 6.03 Å². The Balaban J connectivity index is 1.72. The third-order valence-electron chi connectivity index (χ3n) is 6.37. The second-order valence-corrected chi connectivity index (χ2v) is 9.46. The molecule has 1 aliphatic rings. The van der Waals surface area contributed by atoms with Gasteiger partial charge in [0.05, 0.1) is 29.7 Å². The molecule has 2 amide bonds. The minimum Gasteiger partial charge on any atom is -0.338 e. The van der Waals surface area contributed by atoms with Gasteiger partial charge in [-0.25, -0.2) is 9.48 Å². The Hall–Kier alpha value is -3.80. The predicted octanol–water partition coefficient (Wildman–Crippen LogP) is 5.55. The Morgan fingerprint density at radius 2 is 1.85 bits per heavy atom. The first-order chi connectivity index (χ1) is 16.4. The van der Waals surface area contributed by atoms with Crippen molar-refractivity contribution in [3.8, 4) is 11.5 Å². The van der Waals surface area contributed by atoms with Gasteiger partial charge in [-0.2, -0.15) is 5.10 Å². The fourth-order valence-electron chi connectivity index (χ4n) is 4.73. The summed E-state index contributed by atoms with van der Waals surface area (Å²) in [5.74, 6) is 1.36. The summed E-state index contributed by atoms with van der Waals surface area (Å²) < 4.78 is 4.20. The number of carbonyl (C=O) groups excluding carboxylic acids is 1. The number of nitrogens with one attached hydrogen (secondary N) is 1. The third kappa shape index (κ3) is 3.89. The summed E-state index contributed by atoms with van der Waals surface area (Å²) in [4.78, 5) is 15.6. The van der Waals surface area contributed by atoms with Crippen molar-refractivity contribution in [2.45, 2.75) is 40.3 Å². The van der Waals surface area contributed by atoms with Crippen LogP contribution in [-0.4, -0.2) is 31.8 Å². The van der Waals surface area contributed by atoms with Crippen molar-refractivity contribution in [3.05, 3.63) is 101 Å². The molecule has 174 valence electrons. The largest absolute Gasteiger partial charge is 0.338 e. The smallest absolute Gasteiger partial charge is 0.318 e. The number of aryl methyl sites for hydroxylation is 2. The van der Waals surface area contributed by atoms with Crippen LogP contribution in [0.2, 0.25) is 0 Å². The van der Waals surface area contributed by atoms with Gasteiger partial charge in [0.25, 0.3) is 0 Å². The van der Waals surface area contributed by atoms with Gasteiger partial charge in [0, 0.05) is 18.3 Å². The van der Waals surface area contributed by atoms with Gasteiger partial charge < -0.3 is 14.8 Å². The van der Waals surface area contributed by atoms with Crippen LogP contribution in [0.4, 0.5) is 4.79 Å². The predicted molar refractivity (Wildman–Crippen MR) is 134 cm³/mol. The highest BCUT2D eigenvalue weighted by Crippen LogP contribution is 2.38. The second-order valence-electron chi connectivity index (χ2n) is 9.46. The molecule has 0 unspecified atom stereocenters. The monoisotopic (exact) mass is 453 g/mol. The average molecular weight is 454 g/mol. The van der Waals surface area contributed by atoms with Gasteiger partial charge >= 0.3 is 6.03 Å². The van der Waals surface area contributed by atoms with E-state index in [0.717, 1.165) is 34.0 Å². The number of aromatic nitrogens is 3. The van der Waals surface area contributed by atoms with Gasteiger partial charge in [0.2, 0.25) is 0 Å². The van der Waals surface area contributed by atoms with Crippen LogP contribution in [0.15, 0.2) is 72.9 Å². The van der Waals surface area contributed by atoms with E-state index in [1.807, 2.05) is 34.7 Å². The standard InChI is InChI=1S/C28H31N5O/c1-19(2)17-29-28(34)32-18-24-21(4)30-33(23-12-6-5-7-13-23)27(24)31-15-9-14-25(31)26(32)22-11-8-10-20(3)16-22/h5-16,19,26H,17-18H2,1-4H3,(H,29,34)/t26-/m0/s1. The SMILES string of the molecule is Cc1cccc([C@H]2c3cccn3-c3c(c(C)nn3-c3ccccc3)CN2C(=O)NCC(C)C)c1. The molecule has 2 aromatic heterocycles. The zero-order valence-corrected chi connectivity index (χ0v) is 20.2. The summed E-state index contributed by atoms with van der Waals surface area (Å²) in [5, 5.41) is 8.06. The molecule has 2 aromatic carbocycles. The molecule has 0 saturated carbocycles. The highest BCUT2D eigenvalue weighted by Gasteiger charge is 2.35. The van der Waals surface area contributed by atoms with Gasteiger partial charge in [-0.3, -0.25) is 0 Å². The molecule has 34 heavy (non-hydrogen) atoms.